The van der Waals surface area contributed by atoms with Crippen LogP contribution in [0.2, 0.25) is 5.02 Å². The molecule has 2 aromatic heterocycles. The number of carbonyl (C=O) groups is 1. The molecule has 3 unspecified atom stereocenters. The summed E-state index contributed by atoms with van der Waals surface area (Å²) in [6, 6.07) is 6.38. The van der Waals surface area contributed by atoms with Crippen molar-refractivity contribution in [3.8, 4) is 0 Å². The van der Waals surface area contributed by atoms with Gasteiger partial charge in [0, 0.05) is 17.8 Å². The highest BCUT2D eigenvalue weighted by molar-refractivity contribution is 6.30. The maximum Gasteiger partial charge on any atom is 0.251 e. The predicted octanol–water partition coefficient (Wildman–Crippen LogP) is 4.81. The molecular weight excluding hydrogens is 407 g/mol. The molecule has 0 bridgehead atoms. The molecule has 1 aliphatic rings. The van der Waals surface area contributed by atoms with Gasteiger partial charge in [0.15, 0.2) is 0 Å². The number of hydrogen-bond donors (Lipinski definition) is 2. The van der Waals surface area contributed by atoms with Crippen molar-refractivity contribution in [3.63, 3.8) is 0 Å². The van der Waals surface area contributed by atoms with Crippen molar-refractivity contribution < 1.29 is 14.3 Å². The minimum Gasteiger partial charge on any atom is -0.388 e. The van der Waals surface area contributed by atoms with E-state index in [4.69, 9.17) is 11.6 Å². The Morgan fingerprint density at radius 2 is 2.17 bits per heavy atom. The molecule has 0 saturated heterocycles. The summed E-state index contributed by atoms with van der Waals surface area (Å²) in [5.74, 6) is -0.310. The van der Waals surface area contributed by atoms with Gasteiger partial charge in [-0.3, -0.25) is 4.79 Å². The van der Waals surface area contributed by atoms with Gasteiger partial charge in [-0.25, -0.2) is 14.4 Å². The molecule has 0 spiro atoms. The van der Waals surface area contributed by atoms with Gasteiger partial charge in [-0.15, -0.1) is 0 Å². The van der Waals surface area contributed by atoms with Crippen LogP contribution >= 0.6 is 11.6 Å². The normalized spacial score (nSPS) is 19.7. The van der Waals surface area contributed by atoms with Crippen molar-refractivity contribution in [2.75, 3.05) is 5.32 Å². The summed E-state index contributed by atoms with van der Waals surface area (Å²) in [6.07, 6.45) is 5.09. The standard InChI is InChI=1S/C22H22ClFN4O2/c1-12(2)22(30)27-20-16-7-8-28(21(16)26-11-25-20)15-5-3-13(9-15)19(29)14-4-6-18(24)17(23)10-14/h4,6-8,10-11,13,15,19,29H,1,3,5,9H2,2H3,(H,25,26,27,30). The minimum atomic E-state index is -0.713. The van der Waals surface area contributed by atoms with Crippen molar-refractivity contribution in [1.82, 2.24) is 14.5 Å². The first-order valence-electron chi connectivity index (χ1n) is 9.76. The third kappa shape index (κ3) is 3.82. The van der Waals surface area contributed by atoms with Crippen LogP contribution in [0.25, 0.3) is 11.0 Å². The number of carbonyl (C=O) groups excluding carboxylic acids is 1. The summed E-state index contributed by atoms with van der Waals surface area (Å²) in [4.78, 5) is 20.6. The molecule has 156 valence electrons. The fourth-order valence-electron chi connectivity index (χ4n) is 4.08. The number of aliphatic hydroxyl groups excluding tert-OH is 1. The number of benzene rings is 1. The molecule has 30 heavy (non-hydrogen) atoms. The molecule has 3 aromatic rings. The number of amides is 1. The Bertz CT molecular complexity index is 1130. The Labute approximate surface area is 178 Å². The fourth-order valence-corrected chi connectivity index (χ4v) is 4.27. The van der Waals surface area contributed by atoms with Crippen LogP contribution in [-0.4, -0.2) is 25.5 Å². The van der Waals surface area contributed by atoms with Gasteiger partial charge in [0.05, 0.1) is 16.5 Å². The first-order chi connectivity index (χ1) is 14.3. The molecule has 1 fully saturated rings. The van der Waals surface area contributed by atoms with Gasteiger partial charge < -0.3 is 15.0 Å². The third-order valence-corrected chi connectivity index (χ3v) is 5.99. The third-order valence-electron chi connectivity index (χ3n) is 5.70. The molecular formula is C22H22ClFN4O2. The highest BCUT2D eigenvalue weighted by Crippen LogP contribution is 2.43. The molecule has 3 atom stereocenters. The zero-order valence-corrected chi connectivity index (χ0v) is 17.2. The van der Waals surface area contributed by atoms with Crippen molar-refractivity contribution in [3.05, 3.63) is 65.3 Å². The lowest BCUT2D eigenvalue weighted by Crippen LogP contribution is -2.14. The largest absolute Gasteiger partial charge is 0.388 e. The molecule has 0 aliphatic heterocycles. The van der Waals surface area contributed by atoms with E-state index >= 15 is 0 Å². The Balaban J connectivity index is 1.55. The summed E-state index contributed by atoms with van der Waals surface area (Å²) in [6.45, 7) is 5.28. The molecule has 6 nitrogen and oxygen atoms in total. The average molecular weight is 429 g/mol. The molecule has 1 saturated carbocycles. The number of halogens is 2. The number of nitrogens with zero attached hydrogens (tertiary/aromatic N) is 3. The Kier molecular flexibility index (Phi) is 5.58. The van der Waals surface area contributed by atoms with Gasteiger partial charge >= 0.3 is 0 Å². The molecule has 1 amide bonds. The second-order valence-corrected chi connectivity index (χ2v) is 8.17. The Morgan fingerprint density at radius 1 is 1.37 bits per heavy atom. The van der Waals surface area contributed by atoms with Crippen LogP contribution in [0.3, 0.4) is 0 Å². The van der Waals surface area contributed by atoms with E-state index in [1.165, 1.54) is 18.5 Å². The summed E-state index contributed by atoms with van der Waals surface area (Å²) in [5, 5.41) is 14.3. The van der Waals surface area contributed by atoms with E-state index < -0.39 is 11.9 Å². The number of aliphatic hydroxyl groups is 1. The first kappa shape index (κ1) is 20.5. The van der Waals surface area contributed by atoms with Gasteiger partial charge in [0.1, 0.15) is 23.6 Å². The lowest BCUT2D eigenvalue weighted by molar-refractivity contribution is -0.112. The average Bonchev–Trinajstić information content (AvgIpc) is 3.37. The monoisotopic (exact) mass is 428 g/mol. The lowest BCUT2D eigenvalue weighted by Gasteiger charge is -2.20. The van der Waals surface area contributed by atoms with Gasteiger partial charge in [-0.1, -0.05) is 24.2 Å². The van der Waals surface area contributed by atoms with Crippen molar-refractivity contribution in [2.24, 2.45) is 5.92 Å². The zero-order valence-electron chi connectivity index (χ0n) is 16.5. The van der Waals surface area contributed by atoms with E-state index in [0.717, 1.165) is 30.3 Å². The predicted molar refractivity (Wildman–Crippen MR) is 114 cm³/mol. The first-order valence-corrected chi connectivity index (χ1v) is 10.1. The zero-order chi connectivity index (χ0) is 21.4. The topological polar surface area (TPSA) is 80.0 Å². The molecule has 2 N–H and O–H groups in total. The van der Waals surface area contributed by atoms with Gasteiger partial charge in [0.25, 0.3) is 5.91 Å². The molecule has 1 aromatic carbocycles. The molecule has 4 rings (SSSR count). The summed E-state index contributed by atoms with van der Waals surface area (Å²) in [5.41, 5.74) is 1.75. The quantitative estimate of drug-likeness (QED) is 0.571. The SMILES string of the molecule is C=C(C)C(=O)Nc1ncnc2c1ccn2C1CCC(C(O)c2ccc(F)c(Cl)c2)C1. The van der Waals surface area contributed by atoms with Crippen LogP contribution in [-0.2, 0) is 4.79 Å². The number of anilines is 1. The maximum atomic E-state index is 13.4. The lowest BCUT2D eigenvalue weighted by atomic mass is 9.94. The fraction of sp³-hybridized carbons (Fsp3) is 0.318. The summed E-state index contributed by atoms with van der Waals surface area (Å²) in [7, 11) is 0. The summed E-state index contributed by atoms with van der Waals surface area (Å²) >= 11 is 5.87. The highest BCUT2D eigenvalue weighted by Gasteiger charge is 2.32. The number of rotatable bonds is 5. The van der Waals surface area contributed by atoms with Crippen molar-refractivity contribution in [1.29, 1.82) is 0 Å². The number of fused-ring (bicyclic) bond motifs is 1. The second-order valence-electron chi connectivity index (χ2n) is 7.76. The van der Waals surface area contributed by atoms with Crippen LogP contribution in [0, 0.1) is 11.7 Å². The van der Waals surface area contributed by atoms with E-state index in [1.807, 2.05) is 12.3 Å². The van der Waals surface area contributed by atoms with Gasteiger partial charge in [-0.2, -0.15) is 0 Å². The molecule has 0 radical (unpaired) electrons. The van der Waals surface area contributed by atoms with E-state index in [1.54, 1.807) is 13.0 Å². The Hall–Kier alpha value is -2.77. The van der Waals surface area contributed by atoms with Crippen molar-refractivity contribution >= 4 is 34.4 Å². The van der Waals surface area contributed by atoms with E-state index in [2.05, 4.69) is 26.4 Å². The molecule has 1 aliphatic carbocycles. The Morgan fingerprint density at radius 3 is 2.90 bits per heavy atom. The summed E-state index contributed by atoms with van der Waals surface area (Å²) < 4.78 is 15.5. The van der Waals surface area contributed by atoms with Gasteiger partial charge in [0.2, 0.25) is 0 Å². The second kappa shape index (κ2) is 8.16. The number of aromatic nitrogens is 3. The van der Waals surface area contributed by atoms with E-state index in [9.17, 15) is 14.3 Å². The molecule has 2 heterocycles. The number of hydrogen-bond acceptors (Lipinski definition) is 4. The van der Waals surface area contributed by atoms with E-state index in [0.29, 0.717) is 17.0 Å². The van der Waals surface area contributed by atoms with E-state index in [-0.39, 0.29) is 22.9 Å². The maximum absolute atomic E-state index is 13.4. The van der Waals surface area contributed by atoms with Crippen LogP contribution in [0.5, 0.6) is 0 Å². The number of nitrogens with one attached hydrogen (secondary N) is 1. The van der Waals surface area contributed by atoms with Crippen LogP contribution in [0.15, 0.2) is 48.9 Å². The van der Waals surface area contributed by atoms with Crippen LogP contribution in [0.4, 0.5) is 10.2 Å². The van der Waals surface area contributed by atoms with Crippen LogP contribution < -0.4 is 5.32 Å². The highest BCUT2D eigenvalue weighted by atomic mass is 35.5. The molecule has 8 heteroatoms. The minimum absolute atomic E-state index is 0.0125. The van der Waals surface area contributed by atoms with Crippen molar-refractivity contribution in [2.45, 2.75) is 38.3 Å². The van der Waals surface area contributed by atoms with Gasteiger partial charge in [-0.05, 0) is 55.9 Å². The van der Waals surface area contributed by atoms with Crippen LogP contribution in [0.1, 0.15) is 43.9 Å². The smallest absolute Gasteiger partial charge is 0.251 e.